The largest absolute Gasteiger partial charge is 0.383 e. The number of nitrogen functional groups attached to an aromatic ring is 2. The highest BCUT2D eigenvalue weighted by atomic mass is 32.2. The number of nitrogens with one attached hydrogen (secondary N) is 1. The third-order valence-electron chi connectivity index (χ3n) is 2.25. The molecule has 0 bridgehead atoms. The van der Waals surface area contributed by atoms with E-state index >= 15 is 0 Å². The second-order valence-corrected chi connectivity index (χ2v) is 4.95. The van der Waals surface area contributed by atoms with Crippen LogP contribution >= 0.6 is 11.8 Å². The van der Waals surface area contributed by atoms with Crippen molar-refractivity contribution < 1.29 is 4.79 Å². The molecule has 0 aromatic carbocycles. The minimum atomic E-state index is -0.0950. The summed E-state index contributed by atoms with van der Waals surface area (Å²) in [4.78, 5) is 23.7. The van der Waals surface area contributed by atoms with Crippen molar-refractivity contribution in [2.24, 2.45) is 0 Å². The Labute approximate surface area is 120 Å². The Bertz CT molecular complexity index is 572. The predicted molar refractivity (Wildman–Crippen MR) is 79.1 cm³/mol. The number of carbonyl (C=O) groups excluding carboxylic acids is 1. The summed E-state index contributed by atoms with van der Waals surface area (Å²) in [5.74, 6) is 1.08. The van der Waals surface area contributed by atoms with Crippen LogP contribution in [0.5, 0.6) is 0 Å². The minimum Gasteiger partial charge on any atom is -0.383 e. The van der Waals surface area contributed by atoms with E-state index in [2.05, 4.69) is 20.3 Å². The summed E-state index contributed by atoms with van der Waals surface area (Å²) in [7, 11) is 0. The van der Waals surface area contributed by atoms with E-state index in [9.17, 15) is 4.79 Å². The number of aromatic nitrogens is 3. The number of nitrogens with two attached hydrogens (primary N) is 2. The van der Waals surface area contributed by atoms with Gasteiger partial charge in [0.05, 0.1) is 11.9 Å². The van der Waals surface area contributed by atoms with E-state index in [1.807, 2.05) is 0 Å². The van der Waals surface area contributed by atoms with Crippen molar-refractivity contribution in [2.45, 2.75) is 11.6 Å². The van der Waals surface area contributed by atoms with Crippen LogP contribution in [0.4, 0.5) is 17.3 Å². The zero-order valence-corrected chi connectivity index (χ0v) is 11.4. The minimum absolute atomic E-state index is 0.0950. The Morgan fingerprint density at radius 2 is 2.05 bits per heavy atom. The zero-order chi connectivity index (χ0) is 14.4. The monoisotopic (exact) mass is 290 g/mol. The van der Waals surface area contributed by atoms with Gasteiger partial charge in [-0.05, 0) is 12.1 Å². The third-order valence-corrected chi connectivity index (χ3v) is 3.10. The standard InChI is InChI=1S/C12H14N6OS/c13-9-6-10(14)18-12(17-9)20-5-3-11(19)16-8-2-1-4-15-7-8/h1-2,4,6-7H,3,5H2,(H,16,19)(H4,13,14,17,18). The summed E-state index contributed by atoms with van der Waals surface area (Å²) in [6.45, 7) is 0. The first-order valence-corrected chi connectivity index (χ1v) is 6.85. The van der Waals surface area contributed by atoms with Gasteiger partial charge in [0, 0.05) is 24.4 Å². The molecule has 0 aliphatic rings. The Balaban J connectivity index is 1.79. The summed E-state index contributed by atoms with van der Waals surface area (Å²) in [5, 5.41) is 3.22. The van der Waals surface area contributed by atoms with Gasteiger partial charge in [0.2, 0.25) is 5.91 Å². The number of amides is 1. The van der Waals surface area contributed by atoms with Gasteiger partial charge >= 0.3 is 0 Å². The lowest BCUT2D eigenvalue weighted by Crippen LogP contribution is -2.12. The summed E-state index contributed by atoms with van der Waals surface area (Å²) in [5.41, 5.74) is 11.8. The second kappa shape index (κ2) is 6.71. The van der Waals surface area contributed by atoms with E-state index in [4.69, 9.17) is 11.5 Å². The highest BCUT2D eigenvalue weighted by Gasteiger charge is 2.05. The molecule has 1 amide bonds. The molecule has 0 saturated carbocycles. The normalized spacial score (nSPS) is 10.2. The third kappa shape index (κ3) is 4.39. The van der Waals surface area contributed by atoms with Crippen LogP contribution in [0.15, 0.2) is 35.7 Å². The Morgan fingerprint density at radius 3 is 2.70 bits per heavy atom. The Hall–Kier alpha value is -2.35. The van der Waals surface area contributed by atoms with Gasteiger partial charge in [-0.25, -0.2) is 9.97 Å². The van der Waals surface area contributed by atoms with Gasteiger partial charge in [0.15, 0.2) is 5.16 Å². The number of thioether (sulfide) groups is 1. The molecule has 0 aliphatic heterocycles. The van der Waals surface area contributed by atoms with E-state index in [0.29, 0.717) is 34.7 Å². The predicted octanol–water partition coefficient (Wildman–Crippen LogP) is 1.16. The summed E-state index contributed by atoms with van der Waals surface area (Å²) in [6.07, 6.45) is 3.57. The number of carbonyl (C=O) groups is 1. The molecule has 0 unspecified atom stereocenters. The van der Waals surface area contributed by atoms with Gasteiger partial charge in [0.25, 0.3) is 0 Å². The van der Waals surface area contributed by atoms with Crippen LogP contribution < -0.4 is 16.8 Å². The molecule has 2 heterocycles. The molecule has 0 radical (unpaired) electrons. The molecular formula is C12H14N6OS. The number of rotatable bonds is 5. The van der Waals surface area contributed by atoms with Gasteiger partial charge in [-0.2, -0.15) is 0 Å². The molecule has 8 heteroatoms. The van der Waals surface area contributed by atoms with E-state index in [1.165, 1.54) is 17.8 Å². The highest BCUT2D eigenvalue weighted by Crippen LogP contribution is 2.17. The summed E-state index contributed by atoms with van der Waals surface area (Å²) >= 11 is 1.33. The highest BCUT2D eigenvalue weighted by molar-refractivity contribution is 7.99. The quantitative estimate of drug-likeness (QED) is 0.558. The van der Waals surface area contributed by atoms with Crippen LogP contribution in [0, 0.1) is 0 Å². The van der Waals surface area contributed by atoms with Crippen molar-refractivity contribution in [3.63, 3.8) is 0 Å². The van der Waals surface area contributed by atoms with Crippen LogP contribution in [-0.4, -0.2) is 26.6 Å². The molecule has 0 atom stereocenters. The van der Waals surface area contributed by atoms with Crippen LogP contribution in [0.1, 0.15) is 6.42 Å². The molecule has 0 saturated heterocycles. The van der Waals surface area contributed by atoms with Crippen LogP contribution in [0.3, 0.4) is 0 Å². The van der Waals surface area contributed by atoms with Crippen LogP contribution in [-0.2, 0) is 4.79 Å². The van der Waals surface area contributed by atoms with Crippen molar-refractivity contribution in [3.8, 4) is 0 Å². The summed E-state index contributed by atoms with van der Waals surface area (Å²) in [6, 6.07) is 5.02. The molecule has 0 spiro atoms. The van der Waals surface area contributed by atoms with Crippen molar-refractivity contribution in [3.05, 3.63) is 30.6 Å². The van der Waals surface area contributed by atoms with Crippen LogP contribution in [0.2, 0.25) is 0 Å². The molecule has 2 rings (SSSR count). The first-order valence-electron chi connectivity index (χ1n) is 5.86. The van der Waals surface area contributed by atoms with Crippen molar-refractivity contribution in [1.82, 2.24) is 15.0 Å². The Morgan fingerprint density at radius 1 is 1.30 bits per heavy atom. The van der Waals surface area contributed by atoms with Gasteiger partial charge in [-0.1, -0.05) is 11.8 Å². The van der Waals surface area contributed by atoms with Crippen molar-refractivity contribution in [1.29, 1.82) is 0 Å². The lowest BCUT2D eigenvalue weighted by atomic mass is 10.4. The first-order chi connectivity index (χ1) is 9.63. The van der Waals surface area contributed by atoms with Crippen molar-refractivity contribution in [2.75, 3.05) is 22.5 Å². The maximum Gasteiger partial charge on any atom is 0.225 e. The molecule has 2 aromatic heterocycles. The van der Waals surface area contributed by atoms with Gasteiger partial charge < -0.3 is 16.8 Å². The average Bonchev–Trinajstić information content (AvgIpc) is 2.38. The fraction of sp³-hybridized carbons (Fsp3) is 0.167. The number of pyridine rings is 1. The molecule has 20 heavy (non-hydrogen) atoms. The van der Waals surface area contributed by atoms with E-state index in [-0.39, 0.29) is 5.91 Å². The number of nitrogens with zero attached hydrogens (tertiary/aromatic N) is 3. The molecular weight excluding hydrogens is 276 g/mol. The number of anilines is 3. The van der Waals surface area contributed by atoms with E-state index in [0.717, 1.165) is 0 Å². The molecule has 0 fully saturated rings. The first kappa shape index (κ1) is 14.1. The molecule has 2 aromatic rings. The van der Waals surface area contributed by atoms with Crippen LogP contribution in [0.25, 0.3) is 0 Å². The lowest BCUT2D eigenvalue weighted by molar-refractivity contribution is -0.115. The molecule has 104 valence electrons. The van der Waals surface area contributed by atoms with Gasteiger partial charge in [-0.15, -0.1) is 0 Å². The van der Waals surface area contributed by atoms with E-state index < -0.39 is 0 Å². The fourth-order valence-electron chi connectivity index (χ4n) is 1.42. The maximum atomic E-state index is 11.7. The summed E-state index contributed by atoms with van der Waals surface area (Å²) < 4.78 is 0. The SMILES string of the molecule is Nc1cc(N)nc(SCCC(=O)Nc2cccnc2)n1. The molecule has 7 nitrogen and oxygen atoms in total. The van der Waals surface area contributed by atoms with Gasteiger partial charge in [0.1, 0.15) is 11.6 Å². The maximum absolute atomic E-state index is 11.7. The molecule has 0 aliphatic carbocycles. The van der Waals surface area contributed by atoms with Gasteiger partial charge in [-0.3, -0.25) is 9.78 Å². The zero-order valence-electron chi connectivity index (χ0n) is 10.6. The number of hydrogen-bond acceptors (Lipinski definition) is 7. The Kier molecular flexibility index (Phi) is 4.72. The smallest absolute Gasteiger partial charge is 0.225 e. The van der Waals surface area contributed by atoms with E-state index in [1.54, 1.807) is 24.5 Å². The van der Waals surface area contributed by atoms with Crippen molar-refractivity contribution >= 4 is 35.0 Å². The second-order valence-electron chi connectivity index (χ2n) is 3.89. The number of hydrogen-bond donors (Lipinski definition) is 3. The lowest BCUT2D eigenvalue weighted by Gasteiger charge is -2.04. The average molecular weight is 290 g/mol. The molecule has 5 N–H and O–H groups in total. The topological polar surface area (TPSA) is 120 Å². The fourth-order valence-corrected chi connectivity index (χ4v) is 2.23.